The summed E-state index contributed by atoms with van der Waals surface area (Å²) in [5.41, 5.74) is 16.3. The van der Waals surface area contributed by atoms with Gasteiger partial charge in [-0.25, -0.2) is 4.79 Å². The molecule has 0 heterocycles. The topological polar surface area (TPSA) is 220 Å². The van der Waals surface area contributed by atoms with E-state index in [9.17, 15) is 29.1 Å². The second kappa shape index (κ2) is 16.0. The van der Waals surface area contributed by atoms with Crippen molar-refractivity contribution in [1.82, 2.24) is 16.0 Å². The molecule has 0 aliphatic rings. The summed E-state index contributed by atoms with van der Waals surface area (Å²) < 4.78 is 0. The van der Waals surface area contributed by atoms with E-state index in [0.29, 0.717) is 25.8 Å². The summed E-state index contributed by atoms with van der Waals surface area (Å²) in [4.78, 5) is 60.9. The molecule has 0 aromatic carbocycles. The first-order chi connectivity index (χ1) is 15.8. The lowest BCUT2D eigenvalue weighted by Crippen LogP contribution is -2.59. The second-order valence-corrected chi connectivity index (χ2v) is 8.90. The number of primary amides is 1. The summed E-state index contributed by atoms with van der Waals surface area (Å²) >= 11 is 0. The molecule has 0 saturated heterocycles. The third-order valence-electron chi connectivity index (χ3n) is 5.64. The van der Waals surface area contributed by atoms with E-state index >= 15 is 0 Å². The average Bonchev–Trinajstić information content (AvgIpc) is 2.77. The van der Waals surface area contributed by atoms with Gasteiger partial charge in [-0.15, -0.1) is 0 Å². The van der Waals surface area contributed by atoms with Crippen LogP contribution in [0.1, 0.15) is 66.2 Å². The first-order valence-electron chi connectivity index (χ1n) is 11.7. The number of nitrogens with one attached hydrogen (secondary N) is 3. The Morgan fingerprint density at radius 2 is 1.41 bits per heavy atom. The fraction of sp³-hybridized carbons (Fsp3) is 0.773. The van der Waals surface area contributed by atoms with Crippen LogP contribution in [0.25, 0.3) is 0 Å². The van der Waals surface area contributed by atoms with Gasteiger partial charge in [0.05, 0.1) is 6.04 Å². The standard InChI is InChI=1S/C22H42N6O6/c1-5-13(4)18(28-19(30)14(24)9-10-16(25)29)21(32)27-17(12(2)3)20(31)26-15(22(33)34)8-6-7-11-23/h12-15,17-18H,5-11,23-24H2,1-4H3,(H2,25,29)(H,26,31)(H,27,32)(H,28,30)(H,33,34). The Kier molecular flexibility index (Phi) is 14.7. The number of carbonyl (C=O) groups is 5. The van der Waals surface area contributed by atoms with Crippen LogP contribution in [0, 0.1) is 11.8 Å². The van der Waals surface area contributed by atoms with Crippen LogP contribution in [-0.4, -0.2) is 65.4 Å². The quantitative estimate of drug-likeness (QED) is 0.125. The summed E-state index contributed by atoms with van der Waals surface area (Å²) in [6.45, 7) is 7.45. The molecule has 0 bridgehead atoms. The molecule has 0 rings (SSSR count). The molecule has 0 spiro atoms. The van der Waals surface area contributed by atoms with Crippen LogP contribution in [0.3, 0.4) is 0 Å². The molecule has 0 aliphatic carbocycles. The smallest absolute Gasteiger partial charge is 0.326 e. The first kappa shape index (κ1) is 31.3. The normalized spacial score (nSPS) is 15.5. The molecule has 4 amide bonds. The minimum atomic E-state index is -1.17. The van der Waals surface area contributed by atoms with E-state index in [0.717, 1.165) is 0 Å². The molecule has 0 radical (unpaired) electrons. The molecule has 5 atom stereocenters. The number of carboxylic acid groups (broad SMARTS) is 1. The zero-order valence-electron chi connectivity index (χ0n) is 20.6. The Hall–Kier alpha value is -2.73. The lowest BCUT2D eigenvalue weighted by atomic mass is 9.95. The zero-order chi connectivity index (χ0) is 26.4. The van der Waals surface area contributed by atoms with Crippen LogP contribution in [0.2, 0.25) is 0 Å². The van der Waals surface area contributed by atoms with Gasteiger partial charge in [-0.3, -0.25) is 19.2 Å². The molecule has 5 unspecified atom stereocenters. The fourth-order valence-electron chi connectivity index (χ4n) is 3.18. The molecule has 12 nitrogen and oxygen atoms in total. The number of hydrogen-bond acceptors (Lipinski definition) is 7. The van der Waals surface area contributed by atoms with Gasteiger partial charge in [0.15, 0.2) is 0 Å². The van der Waals surface area contributed by atoms with Crippen LogP contribution in [-0.2, 0) is 24.0 Å². The van der Waals surface area contributed by atoms with E-state index in [1.165, 1.54) is 0 Å². The minimum Gasteiger partial charge on any atom is -0.480 e. The molecule has 196 valence electrons. The number of nitrogens with two attached hydrogens (primary N) is 3. The molecule has 12 heteroatoms. The highest BCUT2D eigenvalue weighted by Crippen LogP contribution is 2.12. The van der Waals surface area contributed by atoms with Gasteiger partial charge in [-0.1, -0.05) is 34.1 Å². The number of rotatable bonds is 17. The molecule has 0 aliphatic heterocycles. The first-order valence-corrected chi connectivity index (χ1v) is 11.7. The SMILES string of the molecule is CCC(C)C(NC(=O)C(N)CCC(N)=O)C(=O)NC(C(=O)NC(CCCCN)C(=O)O)C(C)C. The molecule has 0 aromatic rings. The van der Waals surface area contributed by atoms with Gasteiger partial charge in [0.2, 0.25) is 23.6 Å². The van der Waals surface area contributed by atoms with Crippen molar-refractivity contribution in [3.8, 4) is 0 Å². The minimum absolute atomic E-state index is 0.0355. The van der Waals surface area contributed by atoms with Gasteiger partial charge in [-0.05, 0) is 44.1 Å². The van der Waals surface area contributed by atoms with Crippen molar-refractivity contribution in [3.63, 3.8) is 0 Å². The maximum Gasteiger partial charge on any atom is 0.326 e. The Labute approximate surface area is 201 Å². The summed E-state index contributed by atoms with van der Waals surface area (Å²) in [6.07, 6.45) is 1.89. The van der Waals surface area contributed by atoms with Gasteiger partial charge in [0.25, 0.3) is 0 Å². The molecule has 0 fully saturated rings. The predicted molar refractivity (Wildman–Crippen MR) is 127 cm³/mol. The summed E-state index contributed by atoms with van der Waals surface area (Å²) in [7, 11) is 0. The van der Waals surface area contributed by atoms with Crippen LogP contribution >= 0.6 is 0 Å². The number of carboxylic acids is 1. The average molecular weight is 487 g/mol. The Bertz CT molecular complexity index is 701. The number of amides is 4. The van der Waals surface area contributed by atoms with Crippen molar-refractivity contribution in [2.45, 2.75) is 90.4 Å². The van der Waals surface area contributed by atoms with Crippen molar-refractivity contribution in [2.24, 2.45) is 29.0 Å². The summed E-state index contributed by atoms with van der Waals surface area (Å²) in [6, 6.07) is -4.13. The zero-order valence-corrected chi connectivity index (χ0v) is 20.6. The molecule has 0 aromatic heterocycles. The monoisotopic (exact) mass is 486 g/mol. The van der Waals surface area contributed by atoms with Crippen molar-refractivity contribution in [2.75, 3.05) is 6.54 Å². The van der Waals surface area contributed by atoms with Gasteiger partial charge < -0.3 is 38.3 Å². The molecule has 0 saturated carbocycles. The van der Waals surface area contributed by atoms with Crippen molar-refractivity contribution in [3.05, 3.63) is 0 Å². The summed E-state index contributed by atoms with van der Waals surface area (Å²) in [5.74, 6) is -4.23. The van der Waals surface area contributed by atoms with Gasteiger partial charge in [0.1, 0.15) is 18.1 Å². The van der Waals surface area contributed by atoms with Gasteiger partial charge in [0, 0.05) is 6.42 Å². The van der Waals surface area contributed by atoms with Crippen LogP contribution in [0.5, 0.6) is 0 Å². The highest BCUT2D eigenvalue weighted by atomic mass is 16.4. The summed E-state index contributed by atoms with van der Waals surface area (Å²) in [5, 5.41) is 17.2. The lowest BCUT2D eigenvalue weighted by Gasteiger charge is -2.29. The highest BCUT2D eigenvalue weighted by Gasteiger charge is 2.33. The van der Waals surface area contributed by atoms with E-state index in [-0.39, 0.29) is 31.1 Å². The second-order valence-electron chi connectivity index (χ2n) is 8.90. The van der Waals surface area contributed by atoms with Crippen molar-refractivity contribution >= 4 is 29.6 Å². The molecule has 10 N–H and O–H groups in total. The van der Waals surface area contributed by atoms with Crippen molar-refractivity contribution < 1.29 is 29.1 Å². The van der Waals surface area contributed by atoms with E-state index in [1.807, 2.05) is 6.92 Å². The predicted octanol–water partition coefficient (Wildman–Crippen LogP) is -1.05. The van der Waals surface area contributed by atoms with Crippen LogP contribution in [0.4, 0.5) is 0 Å². The van der Waals surface area contributed by atoms with E-state index < -0.39 is 53.8 Å². The van der Waals surface area contributed by atoms with Crippen LogP contribution in [0.15, 0.2) is 0 Å². The molecular formula is C22H42N6O6. The molecular weight excluding hydrogens is 444 g/mol. The number of aliphatic carboxylic acids is 1. The van der Waals surface area contributed by atoms with Gasteiger partial charge in [-0.2, -0.15) is 0 Å². The fourth-order valence-corrected chi connectivity index (χ4v) is 3.18. The van der Waals surface area contributed by atoms with Gasteiger partial charge >= 0.3 is 5.97 Å². The maximum absolute atomic E-state index is 13.1. The van der Waals surface area contributed by atoms with E-state index in [4.69, 9.17) is 17.2 Å². The van der Waals surface area contributed by atoms with E-state index in [1.54, 1.807) is 20.8 Å². The number of unbranched alkanes of at least 4 members (excludes halogenated alkanes) is 1. The Morgan fingerprint density at radius 3 is 1.88 bits per heavy atom. The van der Waals surface area contributed by atoms with Crippen molar-refractivity contribution in [1.29, 1.82) is 0 Å². The maximum atomic E-state index is 13.1. The van der Waals surface area contributed by atoms with E-state index in [2.05, 4.69) is 16.0 Å². The number of carbonyl (C=O) groups excluding carboxylic acids is 4. The largest absolute Gasteiger partial charge is 0.480 e. The highest BCUT2D eigenvalue weighted by molar-refractivity contribution is 5.94. The Morgan fingerprint density at radius 1 is 0.853 bits per heavy atom. The Balaban J connectivity index is 5.39. The third-order valence-corrected chi connectivity index (χ3v) is 5.64. The van der Waals surface area contributed by atoms with Crippen LogP contribution < -0.4 is 33.2 Å². The number of hydrogen-bond donors (Lipinski definition) is 7. The lowest BCUT2D eigenvalue weighted by molar-refractivity contribution is -0.143. The third kappa shape index (κ3) is 11.4. The molecule has 34 heavy (non-hydrogen) atoms.